The third-order valence-electron chi connectivity index (χ3n) is 5.40. The van der Waals surface area contributed by atoms with E-state index >= 15 is 0 Å². The molecule has 0 fully saturated rings. The van der Waals surface area contributed by atoms with E-state index in [1.54, 1.807) is 23.5 Å². The highest BCUT2D eigenvalue weighted by Crippen LogP contribution is 2.30. The number of para-hydroxylation sites is 2. The predicted octanol–water partition coefficient (Wildman–Crippen LogP) is 1.71. The van der Waals surface area contributed by atoms with Gasteiger partial charge in [0.25, 0.3) is 10.1 Å². The summed E-state index contributed by atoms with van der Waals surface area (Å²) in [5, 5.41) is 19.2. The summed E-state index contributed by atoms with van der Waals surface area (Å²) in [5.41, 5.74) is 2.67. The molecule has 202 valence electrons. The van der Waals surface area contributed by atoms with E-state index in [9.17, 15) is 23.2 Å². The highest BCUT2D eigenvalue weighted by atomic mass is 32.2. The molecule has 0 bridgehead atoms. The molecule has 14 heteroatoms. The standard InChI is InChI=1S/C24H25N3O5S2.O3S/c28-13-11-27(12-14-29)10-9-17-15-21-23(33-22-7-3-1-5-18(22)25-21)16-20(17)26-19-6-2-4-8-24(19)34(30,31)32;1-4(2)3/h1-8,15-16,28-29H,9-14H2,(H,30,31,32);. The third kappa shape index (κ3) is 8.19. The monoisotopic (exact) mass is 579 g/mol. The molecular formula is C24H25N3O8S3. The number of aromatic nitrogens is 1. The molecule has 1 heterocycles. The van der Waals surface area contributed by atoms with Gasteiger partial charge in [0, 0.05) is 19.6 Å². The Balaban J connectivity index is 0.000000934. The smallest absolute Gasteiger partial charge is 0.395 e. The third-order valence-corrected chi connectivity index (χ3v) is 7.41. The molecule has 2 aromatic carbocycles. The van der Waals surface area contributed by atoms with Crippen LogP contribution in [0.5, 0.6) is 0 Å². The average Bonchev–Trinajstić information content (AvgIpc) is 2.86. The van der Waals surface area contributed by atoms with Crippen molar-refractivity contribution < 1.29 is 35.8 Å². The minimum Gasteiger partial charge on any atom is -0.395 e. The van der Waals surface area contributed by atoms with Crippen molar-refractivity contribution in [2.24, 2.45) is 4.99 Å². The highest BCUT2D eigenvalue weighted by molar-refractivity contribution is 7.86. The van der Waals surface area contributed by atoms with Crippen LogP contribution in [0.1, 0.15) is 5.56 Å². The van der Waals surface area contributed by atoms with Crippen molar-refractivity contribution in [3.05, 3.63) is 71.6 Å². The van der Waals surface area contributed by atoms with Crippen LogP contribution in [0.15, 0.2) is 70.6 Å². The first-order valence-corrected chi connectivity index (χ1v) is 14.5. The Labute approximate surface area is 224 Å². The average molecular weight is 580 g/mol. The van der Waals surface area contributed by atoms with Gasteiger partial charge < -0.3 is 10.2 Å². The Morgan fingerprint density at radius 1 is 0.921 bits per heavy atom. The number of aliphatic hydroxyl groups is 2. The van der Waals surface area contributed by atoms with Gasteiger partial charge >= 0.3 is 10.6 Å². The Morgan fingerprint density at radius 3 is 2.21 bits per heavy atom. The molecule has 0 amide bonds. The molecule has 0 atom stereocenters. The lowest BCUT2D eigenvalue weighted by Gasteiger charge is -2.20. The number of benzene rings is 3. The zero-order valence-corrected chi connectivity index (χ0v) is 22.4. The second-order valence-electron chi connectivity index (χ2n) is 7.93. The molecule has 38 heavy (non-hydrogen) atoms. The molecule has 0 unspecified atom stereocenters. The molecule has 2 aliphatic rings. The minimum atomic E-state index is -4.45. The Hall–Kier alpha value is -3.11. The van der Waals surface area contributed by atoms with Crippen LogP contribution in [0.3, 0.4) is 0 Å². The molecule has 2 aromatic rings. The van der Waals surface area contributed by atoms with Crippen LogP contribution >= 0.6 is 11.3 Å². The van der Waals surface area contributed by atoms with E-state index in [0.29, 0.717) is 31.4 Å². The summed E-state index contributed by atoms with van der Waals surface area (Å²) in [6.45, 7) is 1.37. The van der Waals surface area contributed by atoms with Gasteiger partial charge in [0.1, 0.15) is 4.90 Å². The summed E-state index contributed by atoms with van der Waals surface area (Å²) in [6, 6.07) is 17.7. The topological polar surface area (TPSA) is 175 Å². The van der Waals surface area contributed by atoms with E-state index in [-0.39, 0.29) is 23.8 Å². The van der Waals surface area contributed by atoms with Gasteiger partial charge in [0.2, 0.25) is 0 Å². The largest absolute Gasteiger partial charge is 0.425 e. The fraction of sp³-hybridized carbons (Fsp3) is 0.250. The van der Waals surface area contributed by atoms with Crippen molar-refractivity contribution in [1.29, 1.82) is 0 Å². The maximum atomic E-state index is 11.9. The number of aliphatic hydroxyl groups excluding tert-OH is 2. The molecule has 0 spiro atoms. The summed E-state index contributed by atoms with van der Waals surface area (Å²) >= 11 is 1.57. The maximum absolute atomic E-state index is 11.9. The molecule has 0 aromatic heterocycles. The van der Waals surface area contributed by atoms with Gasteiger partial charge in [0.05, 0.1) is 45.0 Å². The zero-order valence-electron chi connectivity index (χ0n) is 20.0. The van der Waals surface area contributed by atoms with Gasteiger partial charge in [-0.05, 0) is 48.4 Å². The second kappa shape index (κ2) is 13.6. The summed E-state index contributed by atoms with van der Waals surface area (Å²) in [6.07, 6.45) is 0.544. The zero-order chi connectivity index (χ0) is 27.7. The Kier molecular flexibility index (Phi) is 10.6. The fourth-order valence-electron chi connectivity index (χ4n) is 3.75. The highest BCUT2D eigenvalue weighted by Gasteiger charge is 2.16. The van der Waals surface area contributed by atoms with Gasteiger partial charge in [-0.3, -0.25) is 9.45 Å². The van der Waals surface area contributed by atoms with E-state index in [1.165, 1.54) is 12.1 Å². The molecule has 1 aliphatic carbocycles. The minimum absolute atomic E-state index is 0.0219. The number of hydrogen-bond acceptors (Lipinski definition) is 11. The van der Waals surface area contributed by atoms with Gasteiger partial charge in [-0.2, -0.15) is 8.42 Å². The quantitative estimate of drug-likeness (QED) is 0.196. The van der Waals surface area contributed by atoms with Gasteiger partial charge in [-0.1, -0.05) is 24.3 Å². The fourth-order valence-corrected chi connectivity index (χ4v) is 5.36. The first-order chi connectivity index (χ1) is 18.1. The van der Waals surface area contributed by atoms with Crippen molar-refractivity contribution in [3.8, 4) is 10.6 Å². The lowest BCUT2D eigenvalue weighted by molar-refractivity contribution is 0.162. The van der Waals surface area contributed by atoms with Crippen LogP contribution in [0, 0.1) is 0 Å². The molecular weight excluding hydrogens is 554 g/mol. The van der Waals surface area contributed by atoms with Crippen LogP contribution in [0.2, 0.25) is 0 Å². The molecule has 11 nitrogen and oxygen atoms in total. The van der Waals surface area contributed by atoms with Crippen LogP contribution in [0.25, 0.3) is 20.8 Å². The summed E-state index contributed by atoms with van der Waals surface area (Å²) in [7, 11) is -7.56. The second-order valence-corrected chi connectivity index (χ2v) is 10.8. The van der Waals surface area contributed by atoms with Gasteiger partial charge in [0.15, 0.2) is 0 Å². The van der Waals surface area contributed by atoms with Gasteiger partial charge in [-0.15, -0.1) is 24.0 Å². The van der Waals surface area contributed by atoms with Crippen molar-refractivity contribution in [2.75, 3.05) is 32.8 Å². The van der Waals surface area contributed by atoms with Gasteiger partial charge in [-0.25, -0.2) is 9.98 Å². The lowest BCUT2D eigenvalue weighted by Crippen LogP contribution is -2.32. The van der Waals surface area contributed by atoms with E-state index in [0.717, 1.165) is 26.4 Å². The van der Waals surface area contributed by atoms with Crippen molar-refractivity contribution in [3.63, 3.8) is 0 Å². The molecule has 1 aliphatic heterocycles. The van der Waals surface area contributed by atoms with Crippen molar-refractivity contribution in [1.82, 2.24) is 9.88 Å². The number of rotatable bonds is 9. The summed E-state index contributed by atoms with van der Waals surface area (Å²) in [4.78, 5) is 12.0. The normalized spacial score (nSPS) is 12.1. The summed E-state index contributed by atoms with van der Waals surface area (Å²) in [5.74, 6) is 0. The Morgan fingerprint density at radius 2 is 1.55 bits per heavy atom. The predicted molar refractivity (Wildman–Crippen MR) is 142 cm³/mol. The van der Waals surface area contributed by atoms with Crippen molar-refractivity contribution in [2.45, 2.75) is 11.3 Å². The number of nitrogens with zero attached hydrogens (tertiary/aromatic N) is 3. The van der Waals surface area contributed by atoms with Crippen LogP contribution in [-0.4, -0.2) is 78.5 Å². The van der Waals surface area contributed by atoms with E-state index in [2.05, 4.69) is 4.99 Å². The molecule has 4 rings (SSSR count). The maximum Gasteiger partial charge on any atom is 0.425 e. The van der Waals surface area contributed by atoms with E-state index in [1.807, 2.05) is 41.3 Å². The molecule has 0 saturated heterocycles. The Bertz CT molecular complexity index is 1640. The number of fused-ring (bicyclic) bond motifs is 2. The number of hydrogen-bond donors (Lipinski definition) is 3. The van der Waals surface area contributed by atoms with Crippen molar-refractivity contribution >= 4 is 48.0 Å². The van der Waals surface area contributed by atoms with Crippen LogP contribution in [-0.2, 0) is 27.1 Å². The van der Waals surface area contributed by atoms with Crippen LogP contribution < -0.4 is 5.36 Å². The SMILES string of the molecule is O=S(=O)(O)c1ccccc1N=c1cc2sc3ccccc3nc-2cc1CCN(CCO)CCO.O=S(=O)=O. The first-order valence-electron chi connectivity index (χ1n) is 11.3. The van der Waals surface area contributed by atoms with E-state index in [4.69, 9.17) is 17.6 Å². The molecule has 0 saturated carbocycles. The van der Waals surface area contributed by atoms with Crippen LogP contribution in [0.4, 0.5) is 5.69 Å². The first kappa shape index (κ1) is 29.4. The molecule has 0 radical (unpaired) electrons. The molecule has 3 N–H and O–H groups in total. The van der Waals surface area contributed by atoms with E-state index < -0.39 is 20.7 Å². The lowest BCUT2D eigenvalue weighted by atomic mass is 10.1. The summed E-state index contributed by atoms with van der Waals surface area (Å²) < 4.78 is 59.8.